The lowest BCUT2D eigenvalue weighted by Gasteiger charge is -2.19. The average molecular weight is 281 g/mol. The minimum Gasteiger partial charge on any atom is -0.372 e. The van der Waals surface area contributed by atoms with Crippen molar-refractivity contribution < 1.29 is 0 Å². The van der Waals surface area contributed by atoms with Gasteiger partial charge in [-0.05, 0) is 31.5 Å². The second-order valence-corrected chi connectivity index (χ2v) is 5.68. The van der Waals surface area contributed by atoms with Crippen LogP contribution in [-0.2, 0) is 5.54 Å². The number of anilines is 1. The van der Waals surface area contributed by atoms with Crippen LogP contribution in [0.15, 0.2) is 42.6 Å². The summed E-state index contributed by atoms with van der Waals surface area (Å²) in [6, 6.07) is 12.1. The van der Waals surface area contributed by atoms with Crippen LogP contribution in [0.3, 0.4) is 0 Å². The van der Waals surface area contributed by atoms with Gasteiger partial charge in [0, 0.05) is 18.2 Å². The largest absolute Gasteiger partial charge is 0.372 e. The fraction of sp³-hybridized carbons (Fsp3) is 0.250. The number of benzene rings is 1. The number of rotatable bonds is 3. The van der Waals surface area contributed by atoms with Crippen molar-refractivity contribution in [3.8, 4) is 11.3 Å². The molecule has 0 spiro atoms. The van der Waals surface area contributed by atoms with Gasteiger partial charge in [-0.2, -0.15) is 0 Å². The van der Waals surface area contributed by atoms with Crippen molar-refractivity contribution in [2.75, 3.05) is 12.4 Å². The standard InChI is InChI=1S/C16H19N5/c1-16(2,17)12-6-4-11(5-7-12)13-10-19-15-9-8-14(18-3)20-21(13)15/h4-10H,17H2,1-3H3,(H,18,20). The van der Waals surface area contributed by atoms with Gasteiger partial charge in [0.2, 0.25) is 0 Å². The molecule has 2 heterocycles. The van der Waals surface area contributed by atoms with Gasteiger partial charge in [-0.15, -0.1) is 5.10 Å². The quantitative estimate of drug-likeness (QED) is 0.774. The molecule has 5 nitrogen and oxygen atoms in total. The molecule has 2 aromatic heterocycles. The van der Waals surface area contributed by atoms with E-state index in [1.54, 1.807) is 0 Å². The Morgan fingerprint density at radius 2 is 1.81 bits per heavy atom. The van der Waals surface area contributed by atoms with Crippen LogP contribution in [0.1, 0.15) is 19.4 Å². The van der Waals surface area contributed by atoms with Crippen molar-refractivity contribution in [1.29, 1.82) is 0 Å². The maximum absolute atomic E-state index is 6.12. The van der Waals surface area contributed by atoms with E-state index in [9.17, 15) is 0 Å². The molecule has 3 N–H and O–H groups in total. The molecule has 0 saturated heterocycles. The van der Waals surface area contributed by atoms with E-state index in [2.05, 4.69) is 39.7 Å². The lowest BCUT2D eigenvalue weighted by atomic mass is 9.94. The molecule has 0 bridgehead atoms. The zero-order chi connectivity index (χ0) is 15.0. The summed E-state index contributed by atoms with van der Waals surface area (Å²) in [6.45, 7) is 3.99. The van der Waals surface area contributed by atoms with Crippen LogP contribution in [0.4, 0.5) is 5.82 Å². The maximum atomic E-state index is 6.12. The van der Waals surface area contributed by atoms with Gasteiger partial charge in [0.15, 0.2) is 5.65 Å². The van der Waals surface area contributed by atoms with Crippen molar-refractivity contribution in [2.24, 2.45) is 5.73 Å². The first-order valence-corrected chi connectivity index (χ1v) is 6.91. The predicted molar refractivity (Wildman–Crippen MR) is 85.2 cm³/mol. The van der Waals surface area contributed by atoms with E-state index in [1.807, 2.05) is 43.7 Å². The van der Waals surface area contributed by atoms with Crippen LogP contribution < -0.4 is 11.1 Å². The number of nitrogens with one attached hydrogen (secondary N) is 1. The van der Waals surface area contributed by atoms with Crippen LogP contribution >= 0.6 is 0 Å². The SMILES string of the molecule is CNc1ccc2ncc(-c3ccc(C(C)(C)N)cc3)n2n1. The number of nitrogens with two attached hydrogens (primary N) is 1. The van der Waals surface area contributed by atoms with Crippen molar-refractivity contribution in [3.05, 3.63) is 48.2 Å². The van der Waals surface area contributed by atoms with Gasteiger partial charge in [0.1, 0.15) is 5.82 Å². The van der Waals surface area contributed by atoms with Gasteiger partial charge in [0.25, 0.3) is 0 Å². The van der Waals surface area contributed by atoms with Gasteiger partial charge in [-0.3, -0.25) is 0 Å². The summed E-state index contributed by atoms with van der Waals surface area (Å²) in [4.78, 5) is 4.39. The molecule has 0 saturated carbocycles. The molecule has 0 unspecified atom stereocenters. The summed E-state index contributed by atoms with van der Waals surface area (Å²) in [5.41, 5.74) is 9.73. The van der Waals surface area contributed by atoms with Crippen LogP contribution in [0.25, 0.3) is 16.9 Å². The molecular formula is C16H19N5. The highest BCUT2D eigenvalue weighted by Crippen LogP contribution is 2.24. The third kappa shape index (κ3) is 2.48. The Labute approximate surface area is 123 Å². The molecule has 1 aromatic carbocycles. The van der Waals surface area contributed by atoms with Gasteiger partial charge in [-0.25, -0.2) is 9.50 Å². The minimum atomic E-state index is -0.338. The molecule has 0 amide bonds. The summed E-state index contributed by atoms with van der Waals surface area (Å²) in [5, 5.41) is 7.56. The van der Waals surface area contributed by atoms with E-state index < -0.39 is 0 Å². The van der Waals surface area contributed by atoms with Crippen LogP contribution in [0.2, 0.25) is 0 Å². The van der Waals surface area contributed by atoms with Gasteiger partial charge >= 0.3 is 0 Å². The molecule has 108 valence electrons. The van der Waals surface area contributed by atoms with Crippen LogP contribution in [0.5, 0.6) is 0 Å². The summed E-state index contributed by atoms with van der Waals surface area (Å²) in [5.74, 6) is 0.807. The lowest BCUT2D eigenvalue weighted by molar-refractivity contribution is 0.554. The van der Waals surface area contributed by atoms with Crippen molar-refractivity contribution in [2.45, 2.75) is 19.4 Å². The Morgan fingerprint density at radius 1 is 1.10 bits per heavy atom. The first kappa shape index (κ1) is 13.6. The number of imidazole rings is 1. The Bertz CT molecular complexity index is 765. The monoisotopic (exact) mass is 281 g/mol. The average Bonchev–Trinajstić information content (AvgIpc) is 2.89. The van der Waals surface area contributed by atoms with Gasteiger partial charge in [-0.1, -0.05) is 24.3 Å². The summed E-state index contributed by atoms with van der Waals surface area (Å²) in [7, 11) is 1.85. The molecule has 0 aliphatic rings. The van der Waals surface area contributed by atoms with E-state index in [-0.39, 0.29) is 5.54 Å². The van der Waals surface area contributed by atoms with Crippen LogP contribution in [-0.4, -0.2) is 21.6 Å². The number of hydrogen-bond donors (Lipinski definition) is 2. The smallest absolute Gasteiger partial charge is 0.154 e. The zero-order valence-electron chi connectivity index (χ0n) is 12.5. The highest BCUT2D eigenvalue weighted by atomic mass is 15.3. The topological polar surface area (TPSA) is 68.2 Å². The molecular weight excluding hydrogens is 262 g/mol. The normalized spacial score (nSPS) is 11.8. The molecule has 3 aromatic rings. The number of nitrogens with zero attached hydrogens (tertiary/aromatic N) is 3. The van der Waals surface area contributed by atoms with E-state index in [0.29, 0.717) is 0 Å². The van der Waals surface area contributed by atoms with E-state index in [4.69, 9.17) is 5.73 Å². The maximum Gasteiger partial charge on any atom is 0.154 e. The second kappa shape index (κ2) is 4.86. The zero-order valence-corrected chi connectivity index (χ0v) is 12.5. The molecule has 0 radical (unpaired) electrons. The molecule has 0 fully saturated rings. The third-order valence-corrected chi connectivity index (χ3v) is 3.54. The molecule has 5 heteroatoms. The Kier molecular flexibility index (Phi) is 3.14. The number of fused-ring (bicyclic) bond motifs is 1. The summed E-state index contributed by atoms with van der Waals surface area (Å²) < 4.78 is 1.84. The predicted octanol–water partition coefficient (Wildman–Crippen LogP) is 2.63. The summed E-state index contributed by atoms with van der Waals surface area (Å²) in [6.07, 6.45) is 1.84. The Hall–Kier alpha value is -2.40. The molecule has 0 aliphatic carbocycles. The van der Waals surface area contributed by atoms with Crippen molar-refractivity contribution >= 4 is 11.5 Å². The third-order valence-electron chi connectivity index (χ3n) is 3.54. The van der Waals surface area contributed by atoms with E-state index >= 15 is 0 Å². The number of hydrogen-bond acceptors (Lipinski definition) is 4. The lowest BCUT2D eigenvalue weighted by Crippen LogP contribution is -2.28. The van der Waals surface area contributed by atoms with Crippen molar-refractivity contribution in [1.82, 2.24) is 14.6 Å². The van der Waals surface area contributed by atoms with Gasteiger partial charge < -0.3 is 11.1 Å². The molecule has 21 heavy (non-hydrogen) atoms. The second-order valence-electron chi connectivity index (χ2n) is 5.68. The first-order chi connectivity index (χ1) is 9.99. The Morgan fingerprint density at radius 3 is 2.43 bits per heavy atom. The minimum absolute atomic E-state index is 0.338. The molecule has 0 aliphatic heterocycles. The van der Waals surface area contributed by atoms with Crippen molar-refractivity contribution in [3.63, 3.8) is 0 Å². The number of aromatic nitrogens is 3. The van der Waals surface area contributed by atoms with Crippen LogP contribution in [0, 0.1) is 0 Å². The Balaban J connectivity index is 2.08. The van der Waals surface area contributed by atoms with Gasteiger partial charge in [0.05, 0.1) is 11.9 Å². The summed E-state index contributed by atoms with van der Waals surface area (Å²) >= 11 is 0. The highest BCUT2D eigenvalue weighted by Gasteiger charge is 2.14. The first-order valence-electron chi connectivity index (χ1n) is 6.91. The fourth-order valence-electron chi connectivity index (χ4n) is 2.27. The fourth-order valence-corrected chi connectivity index (χ4v) is 2.27. The van der Waals surface area contributed by atoms with E-state index in [1.165, 1.54) is 0 Å². The highest BCUT2D eigenvalue weighted by molar-refractivity contribution is 5.64. The van der Waals surface area contributed by atoms with E-state index in [0.717, 1.165) is 28.3 Å². The molecule has 3 rings (SSSR count). The molecule has 0 atom stereocenters.